The monoisotopic (exact) mass is 222 g/mol. The van der Waals surface area contributed by atoms with Crippen LogP contribution in [0.1, 0.15) is 25.3 Å². The molecule has 0 atom stereocenters. The van der Waals surface area contributed by atoms with Crippen LogP contribution in [-0.4, -0.2) is 33.9 Å². The Morgan fingerprint density at radius 1 is 1.44 bits per heavy atom. The summed E-state index contributed by atoms with van der Waals surface area (Å²) < 4.78 is 0. The van der Waals surface area contributed by atoms with Crippen molar-refractivity contribution in [2.45, 2.75) is 32.0 Å². The van der Waals surface area contributed by atoms with Crippen molar-refractivity contribution in [1.82, 2.24) is 4.98 Å². The van der Waals surface area contributed by atoms with Crippen LogP contribution < -0.4 is 4.90 Å². The predicted molar refractivity (Wildman–Crippen MR) is 62.2 cm³/mol. The number of piperidine rings is 1. The first kappa shape index (κ1) is 11.4. The first-order valence-corrected chi connectivity index (χ1v) is 5.63. The Morgan fingerprint density at radius 3 is 2.75 bits per heavy atom. The molecule has 1 fully saturated rings. The lowest BCUT2D eigenvalue weighted by molar-refractivity contribution is 0.0351. The number of aliphatic hydroxyl groups excluding tert-OH is 1. The Labute approximate surface area is 95.5 Å². The van der Waals surface area contributed by atoms with Gasteiger partial charge in [-0.05, 0) is 25.8 Å². The maximum Gasteiger partial charge on any atom is 0.0703 e. The molecule has 2 rings (SSSR count). The maximum absolute atomic E-state index is 9.87. The molecule has 1 aromatic heterocycles. The van der Waals surface area contributed by atoms with Crippen LogP contribution in [-0.2, 0) is 6.61 Å². The molecule has 16 heavy (non-hydrogen) atoms. The minimum atomic E-state index is -0.544. The van der Waals surface area contributed by atoms with Crippen LogP contribution in [0.5, 0.6) is 0 Å². The Kier molecular flexibility index (Phi) is 3.12. The lowest BCUT2D eigenvalue weighted by Gasteiger charge is -2.37. The molecule has 4 nitrogen and oxygen atoms in total. The third-order valence-electron chi connectivity index (χ3n) is 3.24. The van der Waals surface area contributed by atoms with Crippen molar-refractivity contribution in [3.63, 3.8) is 0 Å². The number of hydrogen-bond donors (Lipinski definition) is 2. The Morgan fingerprint density at radius 2 is 2.12 bits per heavy atom. The normalized spacial score (nSPS) is 19.8. The van der Waals surface area contributed by atoms with Crippen LogP contribution in [0.15, 0.2) is 18.5 Å². The van der Waals surface area contributed by atoms with Crippen molar-refractivity contribution >= 4 is 5.69 Å². The van der Waals surface area contributed by atoms with Crippen molar-refractivity contribution in [3.05, 3.63) is 24.0 Å². The molecule has 0 aromatic carbocycles. The molecule has 0 unspecified atom stereocenters. The van der Waals surface area contributed by atoms with Crippen LogP contribution in [0, 0.1) is 0 Å². The van der Waals surface area contributed by atoms with E-state index in [2.05, 4.69) is 9.88 Å². The quantitative estimate of drug-likeness (QED) is 0.781. The minimum absolute atomic E-state index is 0.0325. The second-order valence-electron chi connectivity index (χ2n) is 4.65. The van der Waals surface area contributed by atoms with Gasteiger partial charge in [0.05, 0.1) is 24.1 Å². The van der Waals surface area contributed by atoms with Crippen LogP contribution in [0.4, 0.5) is 5.69 Å². The zero-order valence-electron chi connectivity index (χ0n) is 9.56. The first-order valence-electron chi connectivity index (χ1n) is 5.63. The fraction of sp³-hybridized carbons (Fsp3) is 0.583. The number of aromatic nitrogens is 1. The van der Waals surface area contributed by atoms with E-state index < -0.39 is 5.60 Å². The molecule has 4 heteroatoms. The van der Waals surface area contributed by atoms with Gasteiger partial charge in [-0.3, -0.25) is 4.98 Å². The van der Waals surface area contributed by atoms with Gasteiger partial charge in [0, 0.05) is 24.8 Å². The lowest BCUT2D eigenvalue weighted by Crippen LogP contribution is -2.42. The molecule has 1 aromatic rings. The molecular formula is C12H18N2O2. The van der Waals surface area contributed by atoms with E-state index >= 15 is 0 Å². The van der Waals surface area contributed by atoms with E-state index in [1.807, 2.05) is 13.0 Å². The molecule has 0 aliphatic carbocycles. The topological polar surface area (TPSA) is 56.6 Å². The summed E-state index contributed by atoms with van der Waals surface area (Å²) >= 11 is 0. The standard InChI is InChI=1S/C12H18N2O2/c1-12(16)3-6-14(7-4-12)11-8-13-5-2-10(11)9-15/h2,5,8,15-16H,3-4,6-7,9H2,1H3. The number of pyridine rings is 1. The van der Waals surface area contributed by atoms with Crippen molar-refractivity contribution in [1.29, 1.82) is 0 Å². The average Bonchev–Trinajstić information content (AvgIpc) is 2.29. The Bertz CT molecular complexity index is 356. The summed E-state index contributed by atoms with van der Waals surface area (Å²) in [7, 11) is 0. The summed E-state index contributed by atoms with van der Waals surface area (Å²) in [5, 5.41) is 19.1. The summed E-state index contributed by atoms with van der Waals surface area (Å²) in [5.41, 5.74) is 1.34. The third kappa shape index (κ3) is 2.33. The molecule has 0 spiro atoms. The summed E-state index contributed by atoms with van der Waals surface area (Å²) in [6.07, 6.45) is 4.99. The van der Waals surface area contributed by atoms with E-state index in [0.29, 0.717) is 0 Å². The summed E-state index contributed by atoms with van der Waals surface area (Å²) in [6.45, 7) is 3.53. The van der Waals surface area contributed by atoms with Crippen molar-refractivity contribution in [2.75, 3.05) is 18.0 Å². The summed E-state index contributed by atoms with van der Waals surface area (Å²) in [4.78, 5) is 6.27. The molecule has 0 amide bonds. The average molecular weight is 222 g/mol. The number of anilines is 1. The number of aliphatic hydroxyl groups is 2. The third-order valence-corrected chi connectivity index (χ3v) is 3.24. The van der Waals surface area contributed by atoms with Gasteiger partial charge in [-0.2, -0.15) is 0 Å². The van der Waals surface area contributed by atoms with Crippen LogP contribution in [0.2, 0.25) is 0 Å². The van der Waals surface area contributed by atoms with E-state index in [1.54, 1.807) is 12.4 Å². The number of rotatable bonds is 2. The molecule has 2 heterocycles. The summed E-state index contributed by atoms with van der Waals surface area (Å²) in [6, 6.07) is 1.84. The lowest BCUT2D eigenvalue weighted by atomic mass is 9.93. The molecule has 88 valence electrons. The summed E-state index contributed by atoms with van der Waals surface area (Å²) in [5.74, 6) is 0. The van der Waals surface area contributed by atoms with E-state index in [-0.39, 0.29) is 6.61 Å². The highest BCUT2D eigenvalue weighted by molar-refractivity contribution is 5.51. The maximum atomic E-state index is 9.87. The Hall–Kier alpha value is -1.13. The highest BCUT2D eigenvalue weighted by atomic mass is 16.3. The second-order valence-corrected chi connectivity index (χ2v) is 4.65. The van der Waals surface area contributed by atoms with E-state index in [1.165, 1.54) is 0 Å². The molecule has 0 radical (unpaired) electrons. The van der Waals surface area contributed by atoms with Gasteiger partial charge in [0.1, 0.15) is 0 Å². The fourth-order valence-electron chi connectivity index (χ4n) is 2.06. The highest BCUT2D eigenvalue weighted by Gasteiger charge is 2.28. The van der Waals surface area contributed by atoms with E-state index in [0.717, 1.165) is 37.2 Å². The van der Waals surface area contributed by atoms with Gasteiger partial charge < -0.3 is 15.1 Å². The minimum Gasteiger partial charge on any atom is -0.392 e. The molecule has 0 bridgehead atoms. The van der Waals surface area contributed by atoms with Gasteiger partial charge in [0.25, 0.3) is 0 Å². The molecule has 2 N–H and O–H groups in total. The van der Waals surface area contributed by atoms with Crippen molar-refractivity contribution in [3.8, 4) is 0 Å². The Balaban J connectivity index is 2.14. The largest absolute Gasteiger partial charge is 0.392 e. The molecular weight excluding hydrogens is 204 g/mol. The second kappa shape index (κ2) is 4.39. The van der Waals surface area contributed by atoms with Crippen molar-refractivity contribution < 1.29 is 10.2 Å². The molecule has 1 aliphatic rings. The van der Waals surface area contributed by atoms with Gasteiger partial charge in [-0.1, -0.05) is 0 Å². The fourth-order valence-corrected chi connectivity index (χ4v) is 2.06. The SMILES string of the molecule is CC1(O)CCN(c2cnccc2CO)CC1. The molecule has 1 saturated heterocycles. The van der Waals surface area contributed by atoms with Crippen LogP contribution in [0.25, 0.3) is 0 Å². The van der Waals surface area contributed by atoms with Crippen LogP contribution >= 0.6 is 0 Å². The highest BCUT2D eigenvalue weighted by Crippen LogP contribution is 2.27. The zero-order chi connectivity index (χ0) is 11.6. The molecule has 0 saturated carbocycles. The zero-order valence-corrected chi connectivity index (χ0v) is 9.56. The van der Waals surface area contributed by atoms with Crippen molar-refractivity contribution in [2.24, 2.45) is 0 Å². The number of nitrogens with zero attached hydrogens (tertiary/aromatic N) is 2. The smallest absolute Gasteiger partial charge is 0.0703 e. The predicted octanol–water partition coefficient (Wildman–Crippen LogP) is 0.925. The van der Waals surface area contributed by atoms with E-state index in [4.69, 9.17) is 0 Å². The van der Waals surface area contributed by atoms with E-state index in [9.17, 15) is 10.2 Å². The van der Waals surface area contributed by atoms with Gasteiger partial charge in [-0.25, -0.2) is 0 Å². The van der Waals surface area contributed by atoms with Gasteiger partial charge in [0.2, 0.25) is 0 Å². The first-order chi connectivity index (χ1) is 7.62. The number of hydrogen-bond acceptors (Lipinski definition) is 4. The van der Waals surface area contributed by atoms with Gasteiger partial charge >= 0.3 is 0 Å². The molecule has 1 aliphatic heterocycles. The van der Waals surface area contributed by atoms with Gasteiger partial charge in [0.15, 0.2) is 0 Å². The van der Waals surface area contributed by atoms with Gasteiger partial charge in [-0.15, -0.1) is 0 Å². The van der Waals surface area contributed by atoms with Crippen LogP contribution in [0.3, 0.4) is 0 Å².